The van der Waals surface area contributed by atoms with Gasteiger partial charge in [-0.05, 0) is 43.0 Å². The molecule has 2 N–H and O–H groups in total. The average Bonchev–Trinajstić information content (AvgIpc) is 3.20. The number of ketones is 1. The molecular formula is C25H27N3O5. The van der Waals surface area contributed by atoms with E-state index in [1.54, 1.807) is 48.5 Å². The molecular weight excluding hydrogens is 422 g/mol. The largest absolute Gasteiger partial charge is 0.453 e. The van der Waals surface area contributed by atoms with Crippen LogP contribution in [-0.4, -0.2) is 48.3 Å². The Labute approximate surface area is 192 Å². The van der Waals surface area contributed by atoms with Crippen LogP contribution in [-0.2, 0) is 14.3 Å². The predicted octanol–water partition coefficient (Wildman–Crippen LogP) is 3.39. The Morgan fingerprint density at radius 3 is 2.45 bits per heavy atom. The highest BCUT2D eigenvalue weighted by Gasteiger charge is 2.40. The molecule has 8 nitrogen and oxygen atoms in total. The Hall–Kier alpha value is -3.94. The highest BCUT2D eigenvalue weighted by Crippen LogP contribution is 2.28. The van der Waals surface area contributed by atoms with Gasteiger partial charge in [0, 0.05) is 17.8 Å². The zero-order valence-corrected chi connectivity index (χ0v) is 18.9. The number of ether oxygens (including phenoxy) is 1. The molecule has 1 fully saturated rings. The van der Waals surface area contributed by atoms with Crippen LogP contribution in [0.15, 0.2) is 60.7 Å². The topological polar surface area (TPSA) is 105 Å². The summed E-state index contributed by atoms with van der Waals surface area (Å²) < 4.78 is 4.69. The minimum atomic E-state index is -1.03. The molecule has 1 aliphatic rings. The SMILES string of the molecule is C=C1CCN(C(=O)[C@H](NC(=O)OC)c2ccccc2)[C@@H]1C(=O)Nc1cc(C(C)=O)ccc1C. The molecule has 1 heterocycles. The molecule has 3 amide bonds. The summed E-state index contributed by atoms with van der Waals surface area (Å²) in [6.45, 7) is 7.54. The lowest BCUT2D eigenvalue weighted by Crippen LogP contribution is -2.49. The monoisotopic (exact) mass is 449 g/mol. The number of nitrogens with one attached hydrogen (secondary N) is 2. The fraction of sp³-hybridized carbons (Fsp3) is 0.280. The number of hydrogen-bond acceptors (Lipinski definition) is 5. The molecule has 0 radical (unpaired) electrons. The van der Waals surface area contributed by atoms with Gasteiger partial charge in [-0.2, -0.15) is 0 Å². The maximum Gasteiger partial charge on any atom is 0.407 e. The molecule has 0 bridgehead atoms. The molecule has 3 rings (SSSR count). The Morgan fingerprint density at radius 2 is 1.82 bits per heavy atom. The summed E-state index contributed by atoms with van der Waals surface area (Å²) in [5.74, 6) is -0.994. The van der Waals surface area contributed by atoms with Crippen molar-refractivity contribution in [2.45, 2.75) is 32.4 Å². The molecule has 33 heavy (non-hydrogen) atoms. The molecule has 0 spiro atoms. The highest BCUT2D eigenvalue weighted by atomic mass is 16.5. The maximum atomic E-state index is 13.5. The van der Waals surface area contributed by atoms with Gasteiger partial charge in [0.2, 0.25) is 0 Å². The smallest absolute Gasteiger partial charge is 0.407 e. The zero-order chi connectivity index (χ0) is 24.1. The lowest BCUT2D eigenvalue weighted by molar-refractivity contribution is -0.137. The summed E-state index contributed by atoms with van der Waals surface area (Å²) in [7, 11) is 1.22. The lowest BCUT2D eigenvalue weighted by atomic mass is 10.0. The van der Waals surface area contributed by atoms with Gasteiger partial charge in [-0.25, -0.2) is 4.79 Å². The van der Waals surface area contributed by atoms with Gasteiger partial charge >= 0.3 is 6.09 Å². The Bertz CT molecular complexity index is 1100. The van der Waals surface area contributed by atoms with E-state index >= 15 is 0 Å². The molecule has 0 saturated carbocycles. The van der Waals surface area contributed by atoms with Crippen LogP contribution in [0.5, 0.6) is 0 Å². The first-order valence-electron chi connectivity index (χ1n) is 10.5. The second-order valence-corrected chi connectivity index (χ2v) is 7.90. The molecule has 0 aliphatic carbocycles. The predicted molar refractivity (Wildman–Crippen MR) is 124 cm³/mol. The van der Waals surface area contributed by atoms with Gasteiger partial charge in [-0.1, -0.05) is 49.0 Å². The van der Waals surface area contributed by atoms with Crippen molar-refractivity contribution in [1.82, 2.24) is 10.2 Å². The fourth-order valence-corrected chi connectivity index (χ4v) is 3.77. The number of anilines is 1. The van der Waals surface area contributed by atoms with Crippen molar-refractivity contribution in [3.05, 3.63) is 77.4 Å². The third-order valence-corrected chi connectivity index (χ3v) is 5.63. The van der Waals surface area contributed by atoms with Gasteiger partial charge in [-0.3, -0.25) is 14.4 Å². The van der Waals surface area contributed by atoms with Crippen molar-refractivity contribution in [2.75, 3.05) is 19.0 Å². The van der Waals surface area contributed by atoms with Crippen LogP contribution in [0.1, 0.15) is 40.9 Å². The standard InChI is InChI=1S/C25H27N3O5/c1-15-10-11-19(17(3)29)14-20(15)26-23(30)22-16(2)12-13-28(22)24(31)21(27-25(32)33-4)18-8-6-5-7-9-18/h5-11,14,21-22H,2,12-13H2,1,3-4H3,(H,26,30)(H,27,32)/t21-,22+/m1/s1. The highest BCUT2D eigenvalue weighted by molar-refractivity contribution is 6.02. The summed E-state index contributed by atoms with van der Waals surface area (Å²) in [5, 5.41) is 5.40. The van der Waals surface area contributed by atoms with E-state index in [4.69, 9.17) is 0 Å². The number of Topliss-reactive ketones (excluding diaryl/α,β-unsaturated/α-hetero) is 1. The third-order valence-electron chi connectivity index (χ3n) is 5.63. The summed E-state index contributed by atoms with van der Waals surface area (Å²) in [6, 6.07) is 11.9. The van der Waals surface area contributed by atoms with Crippen LogP contribution in [0, 0.1) is 6.92 Å². The van der Waals surface area contributed by atoms with E-state index in [2.05, 4.69) is 21.9 Å². The summed E-state index contributed by atoms with van der Waals surface area (Å²) in [5.41, 5.74) is 2.90. The zero-order valence-electron chi connectivity index (χ0n) is 18.9. The number of benzene rings is 2. The van der Waals surface area contributed by atoms with Gasteiger partial charge in [-0.15, -0.1) is 0 Å². The molecule has 1 aliphatic heterocycles. The van der Waals surface area contributed by atoms with Gasteiger partial charge in [0.1, 0.15) is 12.1 Å². The van der Waals surface area contributed by atoms with E-state index in [-0.39, 0.29) is 12.3 Å². The number of hydrogen-bond donors (Lipinski definition) is 2. The van der Waals surface area contributed by atoms with Crippen molar-refractivity contribution in [1.29, 1.82) is 0 Å². The summed E-state index contributed by atoms with van der Waals surface area (Å²) in [4.78, 5) is 51.8. The van der Waals surface area contributed by atoms with Crippen LogP contribution in [0.25, 0.3) is 0 Å². The Balaban J connectivity index is 1.88. The van der Waals surface area contributed by atoms with Crippen LogP contribution < -0.4 is 10.6 Å². The summed E-state index contributed by atoms with van der Waals surface area (Å²) >= 11 is 0. The van der Waals surface area contributed by atoms with Gasteiger partial charge in [0.15, 0.2) is 5.78 Å². The average molecular weight is 450 g/mol. The molecule has 0 unspecified atom stereocenters. The number of carbonyl (C=O) groups is 4. The van der Waals surface area contributed by atoms with Gasteiger partial charge in [0.25, 0.3) is 11.8 Å². The number of carbonyl (C=O) groups excluding carboxylic acids is 4. The molecule has 1 saturated heterocycles. The molecule has 0 aromatic heterocycles. The minimum Gasteiger partial charge on any atom is -0.453 e. The van der Waals surface area contributed by atoms with Crippen molar-refractivity contribution in [3.8, 4) is 0 Å². The number of likely N-dealkylation sites (tertiary alicyclic amines) is 1. The maximum absolute atomic E-state index is 13.5. The van der Waals surface area contributed by atoms with Crippen molar-refractivity contribution in [3.63, 3.8) is 0 Å². The fourth-order valence-electron chi connectivity index (χ4n) is 3.77. The lowest BCUT2D eigenvalue weighted by Gasteiger charge is -2.29. The normalized spacial score (nSPS) is 16.2. The molecule has 8 heteroatoms. The van der Waals surface area contributed by atoms with Crippen LogP contribution in [0.2, 0.25) is 0 Å². The number of alkyl carbamates (subject to hydrolysis) is 1. The molecule has 172 valence electrons. The van der Waals surface area contributed by atoms with Gasteiger partial charge in [0.05, 0.1) is 7.11 Å². The number of aryl methyl sites for hydroxylation is 1. The Kier molecular flexibility index (Phi) is 7.27. The third kappa shape index (κ3) is 5.28. The quantitative estimate of drug-likeness (QED) is 0.520. The van der Waals surface area contributed by atoms with Crippen LogP contribution in [0.4, 0.5) is 10.5 Å². The van der Waals surface area contributed by atoms with E-state index in [1.807, 2.05) is 6.92 Å². The second-order valence-electron chi connectivity index (χ2n) is 7.90. The van der Waals surface area contributed by atoms with E-state index in [0.29, 0.717) is 28.8 Å². The van der Waals surface area contributed by atoms with E-state index in [0.717, 1.165) is 5.56 Å². The first-order valence-corrected chi connectivity index (χ1v) is 10.5. The minimum absolute atomic E-state index is 0.118. The van der Waals surface area contributed by atoms with Crippen molar-refractivity contribution < 1.29 is 23.9 Å². The number of amides is 3. The second kappa shape index (κ2) is 10.1. The number of rotatable bonds is 6. The van der Waals surface area contributed by atoms with E-state index in [1.165, 1.54) is 18.9 Å². The Morgan fingerprint density at radius 1 is 1.12 bits per heavy atom. The van der Waals surface area contributed by atoms with Crippen molar-refractivity contribution in [2.24, 2.45) is 0 Å². The van der Waals surface area contributed by atoms with Gasteiger partial charge < -0.3 is 20.3 Å². The molecule has 2 aromatic carbocycles. The number of methoxy groups -OCH3 is 1. The first kappa shape index (κ1) is 23.7. The summed E-state index contributed by atoms with van der Waals surface area (Å²) in [6.07, 6.45) is -0.302. The first-order chi connectivity index (χ1) is 15.7. The van der Waals surface area contributed by atoms with E-state index in [9.17, 15) is 19.2 Å². The molecule has 2 atom stereocenters. The molecule has 2 aromatic rings. The van der Waals surface area contributed by atoms with E-state index < -0.39 is 30.0 Å². The number of nitrogens with zero attached hydrogens (tertiary/aromatic N) is 1. The van der Waals surface area contributed by atoms with Crippen LogP contribution in [0.3, 0.4) is 0 Å². The van der Waals surface area contributed by atoms with Crippen molar-refractivity contribution >= 4 is 29.4 Å². The van der Waals surface area contributed by atoms with Crippen LogP contribution >= 0.6 is 0 Å².